The largest absolute Gasteiger partial charge is 0.383 e. The molecule has 0 amide bonds. The Labute approximate surface area is 97.0 Å². The standard InChI is InChI=1S/C10H12BrClN2/c11-7-2-1-6(3-7)9-4-8(12)5-14-10(9)13/h4-7H,1-3H2,(H2,13,14). The number of aromatic nitrogens is 1. The molecular formula is C10H12BrClN2. The summed E-state index contributed by atoms with van der Waals surface area (Å²) in [5.74, 6) is 1.14. The summed E-state index contributed by atoms with van der Waals surface area (Å²) in [4.78, 5) is 4.70. The van der Waals surface area contributed by atoms with Crippen LogP contribution in [0.5, 0.6) is 0 Å². The van der Waals surface area contributed by atoms with Crippen molar-refractivity contribution < 1.29 is 0 Å². The van der Waals surface area contributed by atoms with Gasteiger partial charge < -0.3 is 5.73 Å². The third kappa shape index (κ3) is 2.04. The van der Waals surface area contributed by atoms with Gasteiger partial charge in [0.25, 0.3) is 0 Å². The highest BCUT2D eigenvalue weighted by atomic mass is 79.9. The fourth-order valence-corrected chi connectivity index (χ4v) is 2.88. The number of anilines is 1. The zero-order chi connectivity index (χ0) is 10.1. The molecule has 0 radical (unpaired) electrons. The number of alkyl halides is 1. The maximum Gasteiger partial charge on any atom is 0.126 e. The first-order valence-electron chi connectivity index (χ1n) is 4.72. The van der Waals surface area contributed by atoms with E-state index < -0.39 is 0 Å². The molecule has 14 heavy (non-hydrogen) atoms. The molecule has 1 saturated carbocycles. The van der Waals surface area contributed by atoms with Gasteiger partial charge in [0, 0.05) is 11.0 Å². The van der Waals surface area contributed by atoms with Crippen LogP contribution >= 0.6 is 27.5 Å². The molecule has 1 aromatic heterocycles. The molecule has 1 aliphatic rings. The third-order valence-corrected chi connectivity index (χ3v) is 3.76. The van der Waals surface area contributed by atoms with Crippen molar-refractivity contribution in [2.75, 3.05) is 5.73 Å². The van der Waals surface area contributed by atoms with Gasteiger partial charge in [-0.15, -0.1) is 0 Å². The Morgan fingerprint density at radius 2 is 2.29 bits per heavy atom. The molecule has 1 fully saturated rings. The second-order valence-corrected chi connectivity index (χ2v) is 5.47. The average Bonchev–Trinajstić information content (AvgIpc) is 2.56. The van der Waals surface area contributed by atoms with Gasteiger partial charge in [-0.25, -0.2) is 4.98 Å². The van der Waals surface area contributed by atoms with E-state index in [-0.39, 0.29) is 0 Å². The van der Waals surface area contributed by atoms with Crippen LogP contribution in [0.25, 0.3) is 0 Å². The van der Waals surface area contributed by atoms with Crippen molar-refractivity contribution in [1.29, 1.82) is 0 Å². The van der Waals surface area contributed by atoms with E-state index in [4.69, 9.17) is 17.3 Å². The molecule has 1 aliphatic carbocycles. The predicted octanol–water partition coefficient (Wildman–Crippen LogP) is 3.35. The van der Waals surface area contributed by atoms with Crippen LogP contribution in [-0.4, -0.2) is 9.81 Å². The Morgan fingerprint density at radius 1 is 1.50 bits per heavy atom. The van der Waals surface area contributed by atoms with E-state index in [9.17, 15) is 0 Å². The molecule has 2 atom stereocenters. The van der Waals surface area contributed by atoms with Crippen LogP contribution < -0.4 is 5.73 Å². The second kappa shape index (κ2) is 4.07. The minimum absolute atomic E-state index is 0.519. The quantitative estimate of drug-likeness (QED) is 0.798. The van der Waals surface area contributed by atoms with E-state index >= 15 is 0 Å². The monoisotopic (exact) mass is 274 g/mol. The van der Waals surface area contributed by atoms with Crippen LogP contribution in [0.3, 0.4) is 0 Å². The summed E-state index contributed by atoms with van der Waals surface area (Å²) >= 11 is 9.53. The van der Waals surface area contributed by atoms with Gasteiger partial charge in [0.15, 0.2) is 0 Å². The molecule has 4 heteroatoms. The van der Waals surface area contributed by atoms with Gasteiger partial charge in [-0.2, -0.15) is 0 Å². The van der Waals surface area contributed by atoms with Crippen molar-refractivity contribution in [2.24, 2.45) is 0 Å². The normalized spacial score (nSPS) is 26.7. The summed E-state index contributed by atoms with van der Waals surface area (Å²) in [5, 5.41) is 0.673. The summed E-state index contributed by atoms with van der Waals surface area (Å²) in [7, 11) is 0. The fourth-order valence-electron chi connectivity index (χ4n) is 2.00. The van der Waals surface area contributed by atoms with Crippen molar-refractivity contribution in [3.05, 3.63) is 22.8 Å². The van der Waals surface area contributed by atoms with Crippen molar-refractivity contribution in [2.45, 2.75) is 30.0 Å². The molecule has 76 valence electrons. The Kier molecular flexibility index (Phi) is 2.98. The zero-order valence-electron chi connectivity index (χ0n) is 7.71. The van der Waals surface area contributed by atoms with Gasteiger partial charge in [0.2, 0.25) is 0 Å². The molecule has 0 spiro atoms. The number of nitrogens with two attached hydrogens (primary N) is 1. The van der Waals surface area contributed by atoms with Crippen LogP contribution in [0, 0.1) is 0 Å². The first-order valence-corrected chi connectivity index (χ1v) is 6.01. The zero-order valence-corrected chi connectivity index (χ0v) is 10.1. The molecule has 2 nitrogen and oxygen atoms in total. The summed E-state index contributed by atoms with van der Waals surface area (Å²) in [6.45, 7) is 0. The first-order chi connectivity index (χ1) is 6.66. The maximum atomic E-state index is 5.90. The Bertz CT molecular complexity index is 343. The first kappa shape index (κ1) is 10.2. The lowest BCUT2D eigenvalue weighted by Crippen LogP contribution is -2.02. The molecule has 1 heterocycles. The highest BCUT2D eigenvalue weighted by Gasteiger charge is 2.25. The van der Waals surface area contributed by atoms with Crippen LogP contribution in [-0.2, 0) is 0 Å². The van der Waals surface area contributed by atoms with Crippen LogP contribution in [0.4, 0.5) is 5.82 Å². The number of pyridine rings is 1. The van der Waals surface area contributed by atoms with E-state index in [0.29, 0.717) is 21.6 Å². The Balaban J connectivity index is 2.27. The number of nitrogen functional groups attached to an aromatic ring is 1. The third-order valence-electron chi connectivity index (χ3n) is 2.72. The van der Waals surface area contributed by atoms with E-state index in [0.717, 1.165) is 12.0 Å². The van der Waals surface area contributed by atoms with Crippen molar-refractivity contribution in [3.63, 3.8) is 0 Å². The smallest absolute Gasteiger partial charge is 0.126 e. The highest BCUT2D eigenvalue weighted by Crippen LogP contribution is 2.40. The van der Waals surface area contributed by atoms with Gasteiger partial charge in [-0.1, -0.05) is 27.5 Å². The number of hydrogen-bond donors (Lipinski definition) is 1. The van der Waals surface area contributed by atoms with E-state index in [1.807, 2.05) is 6.07 Å². The second-order valence-electron chi connectivity index (χ2n) is 3.74. The minimum Gasteiger partial charge on any atom is -0.383 e. The molecule has 0 saturated heterocycles. The van der Waals surface area contributed by atoms with Gasteiger partial charge in [-0.05, 0) is 36.8 Å². The summed E-state index contributed by atoms with van der Waals surface area (Å²) in [6, 6.07) is 1.94. The van der Waals surface area contributed by atoms with Crippen LogP contribution in [0.15, 0.2) is 12.3 Å². The molecule has 2 unspecified atom stereocenters. The van der Waals surface area contributed by atoms with E-state index in [1.165, 1.54) is 12.8 Å². The number of hydrogen-bond acceptors (Lipinski definition) is 2. The highest BCUT2D eigenvalue weighted by molar-refractivity contribution is 9.09. The predicted molar refractivity (Wildman–Crippen MR) is 63.0 cm³/mol. The minimum atomic E-state index is 0.519. The fraction of sp³-hybridized carbons (Fsp3) is 0.500. The molecule has 2 rings (SSSR count). The lowest BCUT2D eigenvalue weighted by Gasteiger charge is -2.11. The van der Waals surface area contributed by atoms with E-state index in [1.54, 1.807) is 6.20 Å². The van der Waals surface area contributed by atoms with Crippen molar-refractivity contribution >= 4 is 33.3 Å². The SMILES string of the molecule is Nc1ncc(Cl)cc1C1CCC(Br)C1. The summed E-state index contributed by atoms with van der Waals surface area (Å²) < 4.78 is 0. The number of nitrogens with zero attached hydrogens (tertiary/aromatic N) is 1. The van der Waals surface area contributed by atoms with Gasteiger partial charge in [0.1, 0.15) is 5.82 Å². The van der Waals surface area contributed by atoms with Crippen LogP contribution in [0.2, 0.25) is 5.02 Å². The molecule has 1 aromatic rings. The van der Waals surface area contributed by atoms with E-state index in [2.05, 4.69) is 20.9 Å². The molecule has 0 aromatic carbocycles. The van der Waals surface area contributed by atoms with Gasteiger partial charge in [-0.3, -0.25) is 0 Å². The lowest BCUT2D eigenvalue weighted by atomic mass is 9.98. The van der Waals surface area contributed by atoms with Gasteiger partial charge in [0.05, 0.1) is 5.02 Å². The van der Waals surface area contributed by atoms with Crippen molar-refractivity contribution in [1.82, 2.24) is 4.98 Å². The van der Waals surface area contributed by atoms with Crippen LogP contribution in [0.1, 0.15) is 30.7 Å². The molecule has 0 aliphatic heterocycles. The maximum absolute atomic E-state index is 5.90. The number of halogens is 2. The number of rotatable bonds is 1. The summed E-state index contributed by atoms with van der Waals surface area (Å²) in [5.41, 5.74) is 6.94. The summed E-state index contributed by atoms with van der Waals surface area (Å²) in [6.07, 6.45) is 5.10. The van der Waals surface area contributed by atoms with Crippen molar-refractivity contribution in [3.8, 4) is 0 Å². The lowest BCUT2D eigenvalue weighted by molar-refractivity contribution is 0.725. The Morgan fingerprint density at radius 3 is 2.93 bits per heavy atom. The average molecular weight is 276 g/mol. The molecule has 2 N–H and O–H groups in total. The molecular weight excluding hydrogens is 263 g/mol. The van der Waals surface area contributed by atoms with Gasteiger partial charge >= 0.3 is 0 Å². The topological polar surface area (TPSA) is 38.9 Å². The molecule has 0 bridgehead atoms. The Hall–Kier alpha value is -0.280.